The number of aryl methyl sites for hydroxylation is 2. The van der Waals surface area contributed by atoms with Gasteiger partial charge in [-0.15, -0.1) is 0 Å². The Balaban J connectivity index is 2.82. The summed E-state index contributed by atoms with van der Waals surface area (Å²) < 4.78 is 27.7. The number of pyridine rings is 1. The Bertz CT molecular complexity index is 502. The van der Waals surface area contributed by atoms with Crippen LogP contribution in [0.2, 0.25) is 0 Å². The van der Waals surface area contributed by atoms with Crippen molar-refractivity contribution >= 4 is 15.9 Å². The molecule has 1 heterocycles. The summed E-state index contributed by atoms with van der Waals surface area (Å²) in [6.45, 7) is 4.48. The molecule has 0 saturated heterocycles. The predicted molar refractivity (Wildman–Crippen MR) is 72.6 cm³/mol. The minimum Gasteiger partial charge on any atom is -0.330 e. The highest BCUT2D eigenvalue weighted by Gasteiger charge is 2.17. The van der Waals surface area contributed by atoms with Gasteiger partial charge in [-0.3, -0.25) is 9.71 Å². The van der Waals surface area contributed by atoms with Crippen LogP contribution in [0.3, 0.4) is 0 Å². The van der Waals surface area contributed by atoms with Crippen LogP contribution in [0.25, 0.3) is 0 Å². The van der Waals surface area contributed by atoms with Gasteiger partial charge < -0.3 is 5.73 Å². The first-order chi connectivity index (χ1) is 8.36. The van der Waals surface area contributed by atoms with Crippen LogP contribution in [0.5, 0.6) is 0 Å². The summed E-state index contributed by atoms with van der Waals surface area (Å²) in [6.07, 6.45) is 0.628. The van der Waals surface area contributed by atoms with Gasteiger partial charge in [-0.1, -0.05) is 0 Å². The van der Waals surface area contributed by atoms with Gasteiger partial charge in [0.05, 0.1) is 11.4 Å². The van der Waals surface area contributed by atoms with E-state index in [2.05, 4.69) is 9.71 Å². The van der Waals surface area contributed by atoms with E-state index in [9.17, 15) is 8.42 Å². The highest BCUT2D eigenvalue weighted by atomic mass is 32.2. The van der Waals surface area contributed by atoms with E-state index in [-0.39, 0.29) is 0 Å². The minimum atomic E-state index is -3.53. The monoisotopic (exact) mass is 272 g/mol. The van der Waals surface area contributed by atoms with Crippen molar-refractivity contribution in [2.75, 3.05) is 24.9 Å². The second-order valence-corrected chi connectivity index (χ2v) is 5.93. The second kappa shape index (κ2) is 6.12. The van der Waals surface area contributed by atoms with E-state index in [1.807, 2.05) is 6.92 Å². The fraction of sp³-hybridized carbons (Fsp3) is 0.545. The number of rotatable bonds is 6. The van der Waals surface area contributed by atoms with E-state index < -0.39 is 10.2 Å². The van der Waals surface area contributed by atoms with Gasteiger partial charge in [-0.25, -0.2) is 0 Å². The van der Waals surface area contributed by atoms with E-state index in [1.54, 1.807) is 19.1 Å². The zero-order valence-corrected chi connectivity index (χ0v) is 11.8. The van der Waals surface area contributed by atoms with Crippen molar-refractivity contribution in [3.8, 4) is 0 Å². The van der Waals surface area contributed by atoms with Gasteiger partial charge in [-0.2, -0.15) is 12.7 Å². The van der Waals surface area contributed by atoms with E-state index >= 15 is 0 Å². The molecule has 7 heteroatoms. The van der Waals surface area contributed by atoms with Crippen LogP contribution in [-0.4, -0.2) is 37.8 Å². The Morgan fingerprint density at radius 1 is 1.39 bits per heavy atom. The number of nitrogens with two attached hydrogens (primary N) is 1. The third-order valence-electron chi connectivity index (χ3n) is 2.55. The average Bonchev–Trinajstić information content (AvgIpc) is 2.29. The predicted octanol–water partition coefficient (Wildman–Crippen LogP) is 0.636. The topological polar surface area (TPSA) is 88.3 Å². The quantitative estimate of drug-likeness (QED) is 0.795. The molecule has 0 spiro atoms. The lowest BCUT2D eigenvalue weighted by atomic mass is 10.3. The molecule has 6 nitrogen and oxygen atoms in total. The smallest absolute Gasteiger partial charge is 0.301 e. The summed E-state index contributed by atoms with van der Waals surface area (Å²) >= 11 is 0. The molecule has 0 saturated carbocycles. The fourth-order valence-corrected chi connectivity index (χ4v) is 2.46. The lowest BCUT2D eigenvalue weighted by Gasteiger charge is -2.18. The molecule has 0 aliphatic rings. The van der Waals surface area contributed by atoms with Gasteiger partial charge in [0.1, 0.15) is 0 Å². The van der Waals surface area contributed by atoms with Crippen LogP contribution in [0.4, 0.5) is 5.69 Å². The lowest BCUT2D eigenvalue weighted by molar-refractivity contribution is 0.468. The maximum absolute atomic E-state index is 12.0. The molecule has 0 radical (unpaired) electrons. The van der Waals surface area contributed by atoms with Crippen molar-refractivity contribution in [3.05, 3.63) is 23.5 Å². The molecule has 0 fully saturated rings. The summed E-state index contributed by atoms with van der Waals surface area (Å²) in [5.74, 6) is 0. The number of aromatic nitrogens is 1. The summed E-state index contributed by atoms with van der Waals surface area (Å²) in [5.41, 5.74) is 7.37. The number of anilines is 1. The van der Waals surface area contributed by atoms with Crippen LogP contribution in [-0.2, 0) is 10.2 Å². The third-order valence-corrected chi connectivity index (χ3v) is 4.03. The zero-order valence-electron chi connectivity index (χ0n) is 11.0. The Morgan fingerprint density at radius 3 is 2.61 bits per heavy atom. The first-order valence-corrected chi connectivity index (χ1v) is 7.19. The molecule has 3 N–H and O–H groups in total. The van der Waals surface area contributed by atoms with Gasteiger partial charge >= 0.3 is 10.2 Å². The van der Waals surface area contributed by atoms with Crippen LogP contribution in [0.15, 0.2) is 12.1 Å². The summed E-state index contributed by atoms with van der Waals surface area (Å²) in [7, 11) is -2.01. The second-order valence-electron chi connectivity index (χ2n) is 4.16. The molecule has 0 atom stereocenters. The number of nitrogens with zero attached hydrogens (tertiary/aromatic N) is 2. The summed E-state index contributed by atoms with van der Waals surface area (Å²) in [5, 5.41) is 0. The molecular weight excluding hydrogens is 252 g/mol. The lowest BCUT2D eigenvalue weighted by Crippen LogP contribution is -2.34. The Labute approximate surface area is 108 Å². The van der Waals surface area contributed by atoms with Crippen molar-refractivity contribution in [3.63, 3.8) is 0 Å². The minimum absolute atomic E-state index is 0.393. The Morgan fingerprint density at radius 2 is 2.06 bits per heavy atom. The molecular formula is C11H20N4O2S. The highest BCUT2D eigenvalue weighted by Crippen LogP contribution is 2.15. The summed E-state index contributed by atoms with van der Waals surface area (Å²) in [4.78, 5) is 4.21. The van der Waals surface area contributed by atoms with Crippen molar-refractivity contribution in [2.24, 2.45) is 5.73 Å². The van der Waals surface area contributed by atoms with Crippen LogP contribution in [0, 0.1) is 13.8 Å². The molecule has 0 aliphatic heterocycles. The van der Waals surface area contributed by atoms with Crippen LogP contribution < -0.4 is 10.5 Å². The fourth-order valence-electron chi connectivity index (χ4n) is 1.45. The number of hydrogen-bond donors (Lipinski definition) is 2. The Kier molecular flexibility index (Phi) is 5.06. The van der Waals surface area contributed by atoms with Gasteiger partial charge in [0, 0.05) is 19.3 Å². The highest BCUT2D eigenvalue weighted by molar-refractivity contribution is 7.90. The van der Waals surface area contributed by atoms with Crippen molar-refractivity contribution in [1.82, 2.24) is 9.29 Å². The Hall–Kier alpha value is -1.18. The van der Waals surface area contributed by atoms with E-state index in [0.717, 1.165) is 5.69 Å². The molecule has 0 aromatic carbocycles. The van der Waals surface area contributed by atoms with Gasteiger partial charge in [0.15, 0.2) is 0 Å². The molecule has 102 valence electrons. The van der Waals surface area contributed by atoms with Gasteiger partial charge in [-0.05, 0) is 38.9 Å². The van der Waals surface area contributed by atoms with Gasteiger partial charge in [0.2, 0.25) is 0 Å². The maximum atomic E-state index is 12.0. The SMILES string of the molecule is Cc1ccc(NS(=O)(=O)N(C)CCCN)c(C)n1. The van der Waals surface area contributed by atoms with Crippen molar-refractivity contribution < 1.29 is 8.42 Å². The molecule has 1 aromatic heterocycles. The first kappa shape index (κ1) is 14.9. The van der Waals surface area contributed by atoms with Crippen LogP contribution in [0.1, 0.15) is 17.8 Å². The van der Waals surface area contributed by atoms with Gasteiger partial charge in [0.25, 0.3) is 0 Å². The van der Waals surface area contributed by atoms with E-state index in [4.69, 9.17) is 5.73 Å². The molecule has 0 bridgehead atoms. The van der Waals surface area contributed by atoms with Crippen molar-refractivity contribution in [1.29, 1.82) is 0 Å². The first-order valence-electron chi connectivity index (χ1n) is 5.75. The van der Waals surface area contributed by atoms with Crippen LogP contribution >= 0.6 is 0 Å². The number of hydrogen-bond acceptors (Lipinski definition) is 4. The van der Waals surface area contributed by atoms with E-state index in [0.29, 0.717) is 30.9 Å². The summed E-state index contributed by atoms with van der Waals surface area (Å²) in [6, 6.07) is 3.48. The maximum Gasteiger partial charge on any atom is 0.301 e. The molecule has 0 unspecified atom stereocenters. The standard InChI is InChI=1S/C11H20N4O2S/c1-9-5-6-11(10(2)13-9)14-18(16,17)15(3)8-4-7-12/h5-6,14H,4,7-8,12H2,1-3H3. The normalized spacial score (nSPS) is 11.8. The number of nitrogens with one attached hydrogen (secondary N) is 1. The zero-order chi connectivity index (χ0) is 13.8. The average molecular weight is 272 g/mol. The molecule has 1 aromatic rings. The van der Waals surface area contributed by atoms with E-state index in [1.165, 1.54) is 11.4 Å². The molecule has 1 rings (SSSR count). The van der Waals surface area contributed by atoms with Crippen molar-refractivity contribution in [2.45, 2.75) is 20.3 Å². The third kappa shape index (κ3) is 3.94. The largest absolute Gasteiger partial charge is 0.330 e. The molecule has 0 amide bonds. The molecule has 0 aliphatic carbocycles. The molecule has 18 heavy (non-hydrogen) atoms.